The monoisotopic (exact) mass is 256 g/mol. The molecule has 0 unspecified atom stereocenters. The van der Waals surface area contributed by atoms with Gasteiger partial charge in [0.25, 0.3) is 5.91 Å². The van der Waals surface area contributed by atoms with E-state index < -0.39 is 0 Å². The van der Waals surface area contributed by atoms with Gasteiger partial charge in [-0.25, -0.2) is 0 Å². The Hall–Kier alpha value is -2.17. The maximum atomic E-state index is 12.0. The van der Waals surface area contributed by atoms with Gasteiger partial charge in [0.15, 0.2) is 5.69 Å². The number of rotatable bonds is 4. The molecule has 1 atom stereocenters. The molecule has 2 aromatic rings. The molecule has 5 nitrogen and oxygen atoms in total. The lowest BCUT2D eigenvalue weighted by Gasteiger charge is -2.10. The van der Waals surface area contributed by atoms with Crippen LogP contribution in [0.25, 0.3) is 5.69 Å². The quantitative estimate of drug-likeness (QED) is 0.907. The molecule has 1 heterocycles. The number of benzene rings is 1. The van der Waals surface area contributed by atoms with Gasteiger partial charge in [0.1, 0.15) is 0 Å². The Morgan fingerprint density at radius 2 is 2.11 bits per heavy atom. The third-order valence-electron chi connectivity index (χ3n) is 3.40. The topological polar surface area (TPSA) is 59.8 Å². The molecule has 1 fully saturated rings. The van der Waals surface area contributed by atoms with Gasteiger partial charge >= 0.3 is 0 Å². The molecule has 1 N–H and O–H groups in total. The van der Waals surface area contributed by atoms with Crippen LogP contribution in [0.3, 0.4) is 0 Å². The summed E-state index contributed by atoms with van der Waals surface area (Å²) in [6.07, 6.45) is 3.91. The van der Waals surface area contributed by atoms with Crippen molar-refractivity contribution in [2.45, 2.75) is 25.8 Å². The Balaban J connectivity index is 1.72. The van der Waals surface area contributed by atoms with Gasteiger partial charge in [-0.1, -0.05) is 18.2 Å². The lowest BCUT2D eigenvalue weighted by molar-refractivity contribution is 0.0930. The minimum absolute atomic E-state index is 0.151. The van der Waals surface area contributed by atoms with Crippen LogP contribution in [0.1, 0.15) is 30.3 Å². The van der Waals surface area contributed by atoms with E-state index in [1.165, 1.54) is 23.8 Å². The van der Waals surface area contributed by atoms with Crippen molar-refractivity contribution in [1.29, 1.82) is 0 Å². The highest BCUT2D eigenvalue weighted by Crippen LogP contribution is 2.32. The van der Waals surface area contributed by atoms with Crippen molar-refractivity contribution in [3.8, 4) is 5.69 Å². The number of nitrogens with one attached hydrogen (secondary N) is 1. The molecule has 19 heavy (non-hydrogen) atoms. The first-order valence-electron chi connectivity index (χ1n) is 6.52. The molecule has 5 heteroatoms. The van der Waals surface area contributed by atoms with Crippen LogP contribution in [0.2, 0.25) is 0 Å². The Bertz CT molecular complexity index is 574. The normalized spacial score (nSPS) is 16.1. The van der Waals surface area contributed by atoms with E-state index in [9.17, 15) is 4.79 Å². The third-order valence-corrected chi connectivity index (χ3v) is 3.40. The molecule has 1 amide bonds. The molecule has 0 bridgehead atoms. The van der Waals surface area contributed by atoms with Crippen molar-refractivity contribution in [2.24, 2.45) is 5.92 Å². The largest absolute Gasteiger partial charge is 0.348 e. The van der Waals surface area contributed by atoms with Gasteiger partial charge in [-0.15, -0.1) is 5.10 Å². The Kier molecular flexibility index (Phi) is 3.03. The fourth-order valence-electron chi connectivity index (χ4n) is 2.05. The minimum atomic E-state index is -0.151. The van der Waals surface area contributed by atoms with Crippen molar-refractivity contribution in [2.75, 3.05) is 0 Å². The molecule has 1 saturated carbocycles. The summed E-state index contributed by atoms with van der Waals surface area (Å²) in [5, 5.41) is 11.3. The van der Waals surface area contributed by atoms with Gasteiger partial charge in [-0.2, -0.15) is 9.90 Å². The van der Waals surface area contributed by atoms with E-state index in [1.54, 1.807) is 0 Å². The summed E-state index contributed by atoms with van der Waals surface area (Å²) in [4.78, 5) is 13.5. The van der Waals surface area contributed by atoms with Gasteiger partial charge in [-0.3, -0.25) is 4.79 Å². The van der Waals surface area contributed by atoms with Crippen LogP contribution in [0.4, 0.5) is 0 Å². The van der Waals surface area contributed by atoms with E-state index in [1.807, 2.05) is 37.3 Å². The molecular weight excluding hydrogens is 240 g/mol. The predicted octanol–water partition coefficient (Wildman–Crippen LogP) is 1.80. The number of carbonyl (C=O) groups is 1. The second kappa shape index (κ2) is 4.84. The molecule has 1 aromatic carbocycles. The highest BCUT2D eigenvalue weighted by Gasteiger charge is 2.29. The maximum absolute atomic E-state index is 12.0. The third kappa shape index (κ3) is 2.65. The number of hydrogen-bond donors (Lipinski definition) is 1. The van der Waals surface area contributed by atoms with Crippen LogP contribution < -0.4 is 5.32 Å². The lowest BCUT2D eigenvalue weighted by Crippen LogP contribution is -2.34. The maximum Gasteiger partial charge on any atom is 0.273 e. The molecular formula is C14H16N4O. The standard InChI is InChI=1S/C14H16N4O/c1-10(11-7-8-11)16-14(19)13-9-15-18(17-13)12-5-3-2-4-6-12/h2-6,9-11H,7-8H2,1H3,(H,16,19)/t10-/m0/s1. The molecule has 1 aliphatic rings. The van der Waals surface area contributed by atoms with Crippen LogP contribution in [-0.2, 0) is 0 Å². The molecule has 1 aliphatic carbocycles. The highest BCUT2D eigenvalue weighted by molar-refractivity contribution is 5.92. The summed E-state index contributed by atoms with van der Waals surface area (Å²) in [5.41, 5.74) is 1.20. The predicted molar refractivity (Wildman–Crippen MR) is 71.0 cm³/mol. The van der Waals surface area contributed by atoms with E-state index >= 15 is 0 Å². The molecule has 0 spiro atoms. The summed E-state index contributed by atoms with van der Waals surface area (Å²) in [5.74, 6) is 0.481. The van der Waals surface area contributed by atoms with Crippen molar-refractivity contribution >= 4 is 5.91 Å². The fraction of sp³-hybridized carbons (Fsp3) is 0.357. The summed E-state index contributed by atoms with van der Waals surface area (Å²) in [6.45, 7) is 2.04. The average Bonchev–Trinajstić information content (AvgIpc) is 3.17. The van der Waals surface area contributed by atoms with E-state index in [-0.39, 0.29) is 11.9 Å². The number of nitrogens with zero attached hydrogens (tertiary/aromatic N) is 3. The lowest BCUT2D eigenvalue weighted by atomic mass is 10.2. The number of carbonyl (C=O) groups excluding carboxylic acids is 1. The number of para-hydroxylation sites is 1. The van der Waals surface area contributed by atoms with Crippen molar-refractivity contribution < 1.29 is 4.79 Å². The first-order chi connectivity index (χ1) is 9.24. The van der Waals surface area contributed by atoms with Gasteiger partial charge in [0, 0.05) is 6.04 Å². The zero-order chi connectivity index (χ0) is 13.2. The van der Waals surface area contributed by atoms with Crippen molar-refractivity contribution in [1.82, 2.24) is 20.3 Å². The smallest absolute Gasteiger partial charge is 0.273 e. The summed E-state index contributed by atoms with van der Waals surface area (Å²) in [7, 11) is 0. The minimum Gasteiger partial charge on any atom is -0.348 e. The Morgan fingerprint density at radius 3 is 2.79 bits per heavy atom. The zero-order valence-electron chi connectivity index (χ0n) is 10.8. The Labute approximate surface area is 111 Å². The van der Waals surface area contributed by atoms with Crippen LogP contribution in [0, 0.1) is 5.92 Å². The second-order valence-electron chi connectivity index (χ2n) is 4.95. The first kappa shape index (κ1) is 11.9. The molecule has 0 saturated heterocycles. The van der Waals surface area contributed by atoms with E-state index in [4.69, 9.17) is 0 Å². The van der Waals surface area contributed by atoms with E-state index in [2.05, 4.69) is 15.5 Å². The first-order valence-corrected chi connectivity index (χ1v) is 6.52. The summed E-state index contributed by atoms with van der Waals surface area (Å²) in [6, 6.07) is 9.76. The molecule has 3 rings (SSSR count). The summed E-state index contributed by atoms with van der Waals surface area (Å²) < 4.78 is 0. The molecule has 98 valence electrons. The molecule has 1 aromatic heterocycles. The van der Waals surface area contributed by atoms with Crippen LogP contribution in [0.5, 0.6) is 0 Å². The number of hydrogen-bond acceptors (Lipinski definition) is 3. The number of amides is 1. The molecule has 0 radical (unpaired) electrons. The highest BCUT2D eigenvalue weighted by atomic mass is 16.2. The van der Waals surface area contributed by atoms with Crippen LogP contribution in [0.15, 0.2) is 36.5 Å². The van der Waals surface area contributed by atoms with E-state index in [0.29, 0.717) is 11.6 Å². The zero-order valence-corrected chi connectivity index (χ0v) is 10.8. The van der Waals surface area contributed by atoms with Crippen LogP contribution in [-0.4, -0.2) is 26.9 Å². The number of aromatic nitrogens is 3. The summed E-state index contributed by atoms with van der Waals surface area (Å²) >= 11 is 0. The van der Waals surface area contributed by atoms with Gasteiger partial charge in [-0.05, 0) is 37.8 Å². The molecule has 0 aliphatic heterocycles. The second-order valence-corrected chi connectivity index (χ2v) is 4.95. The van der Waals surface area contributed by atoms with Gasteiger partial charge in [0.05, 0.1) is 11.9 Å². The van der Waals surface area contributed by atoms with Crippen molar-refractivity contribution in [3.05, 3.63) is 42.2 Å². The van der Waals surface area contributed by atoms with E-state index in [0.717, 1.165) is 5.69 Å². The Morgan fingerprint density at radius 1 is 1.37 bits per heavy atom. The average molecular weight is 256 g/mol. The van der Waals surface area contributed by atoms with Gasteiger partial charge < -0.3 is 5.32 Å². The van der Waals surface area contributed by atoms with Crippen LogP contribution >= 0.6 is 0 Å². The SMILES string of the molecule is C[C@H](NC(=O)c1cnn(-c2ccccc2)n1)C1CC1. The van der Waals surface area contributed by atoms with Crippen molar-refractivity contribution in [3.63, 3.8) is 0 Å². The van der Waals surface area contributed by atoms with Gasteiger partial charge in [0.2, 0.25) is 0 Å². The fourth-order valence-corrected chi connectivity index (χ4v) is 2.05.